The van der Waals surface area contributed by atoms with Crippen molar-refractivity contribution in [1.82, 2.24) is 9.80 Å². The average Bonchev–Trinajstić information content (AvgIpc) is 2.74. The van der Waals surface area contributed by atoms with Gasteiger partial charge in [-0.15, -0.1) is 0 Å². The molecule has 0 aromatic heterocycles. The second-order valence-corrected chi connectivity index (χ2v) is 7.41. The van der Waals surface area contributed by atoms with Crippen LogP contribution in [0.25, 0.3) is 0 Å². The molecule has 9 heteroatoms. The molecule has 0 aliphatic carbocycles. The molecule has 0 spiro atoms. The van der Waals surface area contributed by atoms with E-state index < -0.39 is 46.9 Å². The molecule has 1 heterocycles. The van der Waals surface area contributed by atoms with Gasteiger partial charge in [0.15, 0.2) is 11.6 Å². The number of rotatable bonds is 4. The van der Waals surface area contributed by atoms with Crippen molar-refractivity contribution < 1.29 is 32.2 Å². The highest BCUT2D eigenvalue weighted by atomic mass is 19.2. The van der Waals surface area contributed by atoms with Gasteiger partial charge in [0.05, 0.1) is 25.3 Å². The minimum Gasteiger partial charge on any atom is -0.497 e. The molecule has 2 amide bonds. The van der Waals surface area contributed by atoms with Crippen LogP contribution >= 0.6 is 0 Å². The second-order valence-electron chi connectivity index (χ2n) is 7.41. The summed E-state index contributed by atoms with van der Waals surface area (Å²) in [6.45, 7) is 3.58. The average molecular weight is 436 g/mol. The van der Waals surface area contributed by atoms with Gasteiger partial charge in [-0.05, 0) is 38.1 Å². The minimum absolute atomic E-state index is 0.0831. The summed E-state index contributed by atoms with van der Waals surface area (Å²) in [6, 6.07) is 5.36. The van der Waals surface area contributed by atoms with Crippen molar-refractivity contribution in [3.63, 3.8) is 0 Å². The Morgan fingerprint density at radius 1 is 0.871 bits per heavy atom. The van der Waals surface area contributed by atoms with E-state index in [-0.39, 0.29) is 24.4 Å². The molecule has 0 bridgehead atoms. The number of hydrogen-bond donors (Lipinski definition) is 0. The van der Waals surface area contributed by atoms with E-state index >= 15 is 0 Å². The molecule has 31 heavy (non-hydrogen) atoms. The molecular weight excluding hydrogens is 413 g/mol. The van der Waals surface area contributed by atoms with Gasteiger partial charge in [-0.3, -0.25) is 9.59 Å². The maximum absolute atomic E-state index is 14.4. The number of benzene rings is 2. The van der Waals surface area contributed by atoms with Crippen LogP contribution in [0, 0.1) is 17.5 Å². The summed E-state index contributed by atoms with van der Waals surface area (Å²) in [5.41, 5.74) is -0.527. The molecule has 1 aliphatic rings. The molecule has 2 aromatic rings. The Morgan fingerprint density at radius 2 is 1.48 bits per heavy atom. The normalized spacial score (nSPS) is 18.7. The lowest BCUT2D eigenvalue weighted by molar-refractivity contribution is 0.0249. The Labute approximate surface area is 178 Å². The van der Waals surface area contributed by atoms with Crippen molar-refractivity contribution >= 4 is 11.8 Å². The summed E-state index contributed by atoms with van der Waals surface area (Å²) in [7, 11) is 2.60. The topological polar surface area (TPSA) is 59.1 Å². The third-order valence-corrected chi connectivity index (χ3v) is 5.34. The van der Waals surface area contributed by atoms with E-state index in [1.807, 2.05) is 0 Å². The predicted octanol–water partition coefficient (Wildman–Crippen LogP) is 3.50. The second kappa shape index (κ2) is 8.87. The van der Waals surface area contributed by atoms with Crippen LogP contribution in [0.1, 0.15) is 34.6 Å². The standard InChI is InChI=1S/C22H23F3N2O4/c1-12-10-26(21(28)16-7-8-18(31-4)20(25)19(16)24)11-13(2)27(12)22(29)15-6-5-14(30-3)9-17(15)23/h5-9,12-13H,10-11H2,1-4H3/t12-,13-/m1/s1. The molecule has 2 aromatic carbocycles. The largest absolute Gasteiger partial charge is 0.497 e. The fourth-order valence-corrected chi connectivity index (χ4v) is 3.85. The zero-order chi connectivity index (χ0) is 22.9. The Balaban J connectivity index is 1.81. The molecule has 2 atom stereocenters. The third-order valence-electron chi connectivity index (χ3n) is 5.34. The summed E-state index contributed by atoms with van der Waals surface area (Å²) in [5.74, 6) is -4.46. The lowest BCUT2D eigenvalue weighted by Gasteiger charge is -2.44. The maximum atomic E-state index is 14.4. The van der Waals surface area contributed by atoms with Crippen LogP contribution in [0.4, 0.5) is 13.2 Å². The highest BCUT2D eigenvalue weighted by Gasteiger charge is 2.37. The number of carbonyl (C=O) groups is 2. The Bertz CT molecular complexity index is 1000. The molecule has 6 nitrogen and oxygen atoms in total. The van der Waals surface area contributed by atoms with Gasteiger partial charge in [0, 0.05) is 31.2 Å². The molecule has 0 radical (unpaired) electrons. The van der Waals surface area contributed by atoms with Gasteiger partial charge in [-0.1, -0.05) is 0 Å². The predicted molar refractivity (Wildman–Crippen MR) is 107 cm³/mol. The van der Waals surface area contributed by atoms with E-state index in [1.54, 1.807) is 13.8 Å². The molecule has 166 valence electrons. The van der Waals surface area contributed by atoms with Gasteiger partial charge in [0.25, 0.3) is 11.8 Å². The van der Waals surface area contributed by atoms with E-state index in [9.17, 15) is 22.8 Å². The monoisotopic (exact) mass is 436 g/mol. The summed E-state index contributed by atoms with van der Waals surface area (Å²) in [5, 5.41) is 0. The van der Waals surface area contributed by atoms with Crippen molar-refractivity contribution in [1.29, 1.82) is 0 Å². The van der Waals surface area contributed by atoms with E-state index in [0.717, 1.165) is 6.07 Å². The summed E-state index contributed by atoms with van der Waals surface area (Å²) in [6.07, 6.45) is 0. The molecular formula is C22H23F3N2O4. The minimum atomic E-state index is -1.29. The van der Waals surface area contributed by atoms with Crippen LogP contribution in [-0.2, 0) is 0 Å². The summed E-state index contributed by atoms with van der Waals surface area (Å²) < 4.78 is 52.5. The van der Waals surface area contributed by atoms with Gasteiger partial charge in [-0.2, -0.15) is 4.39 Å². The third kappa shape index (κ3) is 4.17. The van der Waals surface area contributed by atoms with Crippen LogP contribution in [-0.4, -0.2) is 61.0 Å². The van der Waals surface area contributed by atoms with Crippen LogP contribution in [0.5, 0.6) is 11.5 Å². The van der Waals surface area contributed by atoms with E-state index in [0.29, 0.717) is 5.75 Å². The Kier molecular flexibility index (Phi) is 6.42. The van der Waals surface area contributed by atoms with Crippen molar-refractivity contribution in [3.8, 4) is 11.5 Å². The summed E-state index contributed by atoms with van der Waals surface area (Å²) >= 11 is 0. The lowest BCUT2D eigenvalue weighted by atomic mass is 10.0. The van der Waals surface area contributed by atoms with E-state index in [4.69, 9.17) is 9.47 Å². The van der Waals surface area contributed by atoms with E-state index in [1.165, 1.54) is 48.3 Å². The molecule has 0 N–H and O–H groups in total. The van der Waals surface area contributed by atoms with Gasteiger partial charge >= 0.3 is 0 Å². The van der Waals surface area contributed by atoms with Gasteiger partial charge in [0.2, 0.25) is 5.82 Å². The highest BCUT2D eigenvalue weighted by molar-refractivity contribution is 5.97. The van der Waals surface area contributed by atoms with Crippen molar-refractivity contribution in [2.75, 3.05) is 27.3 Å². The number of carbonyl (C=O) groups excluding carboxylic acids is 2. The molecule has 1 saturated heterocycles. The number of amides is 2. The van der Waals surface area contributed by atoms with E-state index in [2.05, 4.69) is 0 Å². The molecule has 0 unspecified atom stereocenters. The quantitative estimate of drug-likeness (QED) is 0.736. The molecule has 3 rings (SSSR count). The SMILES string of the molecule is COc1ccc(C(=O)N2[C@H](C)CN(C(=O)c3ccc(OC)c(F)c3F)C[C@H]2C)c(F)c1. The summed E-state index contributed by atoms with van der Waals surface area (Å²) in [4.78, 5) is 28.7. The van der Waals surface area contributed by atoms with Crippen LogP contribution in [0.2, 0.25) is 0 Å². The Hall–Kier alpha value is -3.23. The zero-order valence-electron chi connectivity index (χ0n) is 17.6. The number of halogens is 3. The first kappa shape index (κ1) is 22.5. The number of piperazine rings is 1. The number of ether oxygens (including phenoxy) is 2. The maximum Gasteiger partial charge on any atom is 0.257 e. The number of nitrogens with zero attached hydrogens (tertiary/aromatic N) is 2. The van der Waals surface area contributed by atoms with Gasteiger partial charge in [-0.25, -0.2) is 8.78 Å². The van der Waals surface area contributed by atoms with Gasteiger partial charge in [0.1, 0.15) is 11.6 Å². The lowest BCUT2D eigenvalue weighted by Crippen LogP contribution is -2.60. The van der Waals surface area contributed by atoms with Crippen molar-refractivity contribution in [2.24, 2.45) is 0 Å². The van der Waals surface area contributed by atoms with Gasteiger partial charge < -0.3 is 19.3 Å². The highest BCUT2D eigenvalue weighted by Crippen LogP contribution is 2.26. The van der Waals surface area contributed by atoms with Crippen LogP contribution < -0.4 is 9.47 Å². The first-order valence-electron chi connectivity index (χ1n) is 9.67. The number of methoxy groups -OCH3 is 2. The Morgan fingerprint density at radius 3 is 2.03 bits per heavy atom. The fraction of sp³-hybridized carbons (Fsp3) is 0.364. The van der Waals surface area contributed by atoms with Crippen LogP contribution in [0.15, 0.2) is 30.3 Å². The molecule has 1 fully saturated rings. The zero-order valence-corrected chi connectivity index (χ0v) is 17.6. The fourth-order valence-electron chi connectivity index (χ4n) is 3.85. The molecule has 0 saturated carbocycles. The van der Waals surface area contributed by atoms with Crippen LogP contribution in [0.3, 0.4) is 0 Å². The van der Waals surface area contributed by atoms with Crippen molar-refractivity contribution in [3.05, 3.63) is 58.9 Å². The first-order valence-corrected chi connectivity index (χ1v) is 9.67. The van der Waals surface area contributed by atoms with Crippen molar-refractivity contribution in [2.45, 2.75) is 25.9 Å². The first-order chi connectivity index (χ1) is 14.7. The smallest absolute Gasteiger partial charge is 0.257 e. The number of hydrogen-bond acceptors (Lipinski definition) is 4. The molecule has 1 aliphatic heterocycles.